The van der Waals surface area contributed by atoms with Crippen LogP contribution < -0.4 is 5.32 Å². The van der Waals surface area contributed by atoms with Gasteiger partial charge in [-0.15, -0.1) is 0 Å². The average molecular weight is 269 g/mol. The predicted molar refractivity (Wildman–Crippen MR) is 75.0 cm³/mol. The van der Waals surface area contributed by atoms with Crippen LogP contribution in [0.3, 0.4) is 0 Å². The van der Waals surface area contributed by atoms with Crippen LogP contribution in [0.4, 0.5) is 0 Å². The topological polar surface area (TPSA) is 35.5 Å². The molecule has 2 N–H and O–H groups in total. The number of halogens is 1. The molecule has 100 valence electrons. The summed E-state index contributed by atoms with van der Waals surface area (Å²) in [4.78, 5) is 2.39. The van der Waals surface area contributed by atoms with Crippen molar-refractivity contribution in [3.05, 3.63) is 28.8 Å². The normalized spacial score (nSPS) is 18.1. The highest BCUT2D eigenvalue weighted by Gasteiger charge is 2.19. The number of phenols is 1. The largest absolute Gasteiger partial charge is 0.508 e. The van der Waals surface area contributed by atoms with Crippen LogP contribution in [0, 0.1) is 5.92 Å². The molecule has 0 radical (unpaired) electrons. The Balaban J connectivity index is 1.89. The van der Waals surface area contributed by atoms with Crippen LogP contribution in [-0.4, -0.2) is 36.7 Å². The first-order valence-electron chi connectivity index (χ1n) is 6.53. The maximum absolute atomic E-state index is 9.81. The molecule has 1 aromatic rings. The minimum atomic E-state index is 0.344. The van der Waals surface area contributed by atoms with Crippen LogP contribution in [0.5, 0.6) is 5.75 Å². The minimum Gasteiger partial charge on any atom is -0.508 e. The second-order valence-corrected chi connectivity index (χ2v) is 5.49. The number of piperidine rings is 1. The number of nitrogens with one attached hydrogen (secondary N) is 1. The van der Waals surface area contributed by atoms with Gasteiger partial charge in [0.1, 0.15) is 5.75 Å². The van der Waals surface area contributed by atoms with Crippen LogP contribution in [0.2, 0.25) is 5.02 Å². The molecule has 0 spiro atoms. The second kappa shape index (κ2) is 6.41. The Kier molecular flexibility index (Phi) is 4.87. The lowest BCUT2D eigenvalue weighted by atomic mass is 9.96. The van der Waals surface area contributed by atoms with Gasteiger partial charge in [0.15, 0.2) is 0 Å². The van der Waals surface area contributed by atoms with E-state index in [0.717, 1.165) is 37.7 Å². The van der Waals surface area contributed by atoms with Gasteiger partial charge in [-0.05, 0) is 63.6 Å². The predicted octanol–water partition coefficient (Wildman–Crippen LogP) is 2.48. The van der Waals surface area contributed by atoms with E-state index in [1.165, 1.54) is 12.8 Å². The molecule has 1 heterocycles. The van der Waals surface area contributed by atoms with Crippen molar-refractivity contribution in [3.8, 4) is 5.75 Å². The zero-order valence-corrected chi connectivity index (χ0v) is 11.6. The summed E-state index contributed by atoms with van der Waals surface area (Å²) in [6, 6.07) is 5.25. The van der Waals surface area contributed by atoms with Gasteiger partial charge in [-0.3, -0.25) is 4.90 Å². The Labute approximate surface area is 114 Å². The summed E-state index contributed by atoms with van der Waals surface area (Å²) >= 11 is 5.96. The van der Waals surface area contributed by atoms with E-state index in [9.17, 15) is 5.11 Å². The van der Waals surface area contributed by atoms with E-state index in [4.69, 9.17) is 11.6 Å². The van der Waals surface area contributed by atoms with Gasteiger partial charge in [-0.2, -0.15) is 0 Å². The van der Waals surface area contributed by atoms with Crippen molar-refractivity contribution in [2.75, 3.05) is 26.7 Å². The van der Waals surface area contributed by atoms with E-state index < -0.39 is 0 Å². The molecule has 2 rings (SSSR count). The molecule has 18 heavy (non-hydrogen) atoms. The molecule has 0 bridgehead atoms. The molecule has 0 atom stereocenters. The number of hydrogen-bond donors (Lipinski definition) is 2. The highest BCUT2D eigenvalue weighted by molar-refractivity contribution is 6.30. The van der Waals surface area contributed by atoms with Gasteiger partial charge in [0.2, 0.25) is 0 Å². The fourth-order valence-corrected chi connectivity index (χ4v) is 2.75. The van der Waals surface area contributed by atoms with E-state index in [-0.39, 0.29) is 0 Å². The van der Waals surface area contributed by atoms with E-state index in [1.54, 1.807) is 12.1 Å². The summed E-state index contributed by atoms with van der Waals surface area (Å²) in [5.41, 5.74) is 0.926. The Hall–Kier alpha value is -0.770. The zero-order valence-electron chi connectivity index (χ0n) is 10.8. The number of hydrogen-bond acceptors (Lipinski definition) is 3. The second-order valence-electron chi connectivity index (χ2n) is 5.05. The summed E-state index contributed by atoms with van der Waals surface area (Å²) in [6.07, 6.45) is 2.45. The first-order chi connectivity index (χ1) is 8.69. The lowest BCUT2D eigenvalue weighted by Crippen LogP contribution is -2.36. The first kappa shape index (κ1) is 13.7. The molecule has 0 amide bonds. The van der Waals surface area contributed by atoms with Crippen molar-refractivity contribution in [3.63, 3.8) is 0 Å². The van der Waals surface area contributed by atoms with Crippen molar-refractivity contribution in [2.45, 2.75) is 19.4 Å². The number of likely N-dealkylation sites (tertiary alicyclic amines) is 1. The SMILES string of the molecule is CNCC1CCN(Cc2cc(Cl)ccc2O)CC1. The summed E-state index contributed by atoms with van der Waals surface area (Å²) in [5, 5.41) is 13.7. The molecular weight excluding hydrogens is 248 g/mol. The summed E-state index contributed by atoms with van der Waals surface area (Å²) in [5.74, 6) is 1.14. The molecule has 0 unspecified atom stereocenters. The van der Waals surface area contributed by atoms with E-state index in [0.29, 0.717) is 10.8 Å². The monoisotopic (exact) mass is 268 g/mol. The van der Waals surface area contributed by atoms with Crippen LogP contribution in [0.25, 0.3) is 0 Å². The third kappa shape index (κ3) is 3.61. The molecular formula is C14H21ClN2O. The van der Waals surface area contributed by atoms with E-state index in [1.807, 2.05) is 13.1 Å². The van der Waals surface area contributed by atoms with Gasteiger partial charge in [0.05, 0.1) is 0 Å². The van der Waals surface area contributed by atoms with Gasteiger partial charge in [-0.1, -0.05) is 11.6 Å². The molecule has 1 aliphatic heterocycles. The van der Waals surface area contributed by atoms with Crippen molar-refractivity contribution in [2.24, 2.45) is 5.92 Å². The molecule has 0 saturated carbocycles. The molecule has 1 aliphatic rings. The van der Waals surface area contributed by atoms with E-state index in [2.05, 4.69) is 10.2 Å². The summed E-state index contributed by atoms with van der Waals surface area (Å²) in [6.45, 7) is 4.09. The maximum atomic E-state index is 9.81. The summed E-state index contributed by atoms with van der Waals surface area (Å²) in [7, 11) is 2.01. The third-order valence-corrected chi connectivity index (χ3v) is 3.87. The van der Waals surface area contributed by atoms with Gasteiger partial charge < -0.3 is 10.4 Å². The van der Waals surface area contributed by atoms with Gasteiger partial charge in [-0.25, -0.2) is 0 Å². The quantitative estimate of drug-likeness (QED) is 0.881. The number of nitrogens with zero attached hydrogens (tertiary/aromatic N) is 1. The molecule has 0 aromatic heterocycles. The van der Waals surface area contributed by atoms with Gasteiger partial charge >= 0.3 is 0 Å². The van der Waals surface area contributed by atoms with Crippen molar-refractivity contribution < 1.29 is 5.11 Å². The number of aromatic hydroxyl groups is 1. The van der Waals surface area contributed by atoms with Crippen LogP contribution in [-0.2, 0) is 6.54 Å². The fraction of sp³-hybridized carbons (Fsp3) is 0.571. The molecule has 1 aromatic carbocycles. The van der Waals surface area contributed by atoms with E-state index >= 15 is 0 Å². The number of rotatable bonds is 4. The lowest BCUT2D eigenvalue weighted by Gasteiger charge is -2.32. The molecule has 3 nitrogen and oxygen atoms in total. The summed E-state index contributed by atoms with van der Waals surface area (Å²) < 4.78 is 0. The smallest absolute Gasteiger partial charge is 0.120 e. The third-order valence-electron chi connectivity index (χ3n) is 3.64. The lowest BCUT2D eigenvalue weighted by molar-refractivity contribution is 0.175. The zero-order chi connectivity index (χ0) is 13.0. The molecule has 4 heteroatoms. The Bertz CT molecular complexity index is 389. The average Bonchev–Trinajstić information content (AvgIpc) is 2.37. The first-order valence-corrected chi connectivity index (χ1v) is 6.91. The van der Waals surface area contributed by atoms with Crippen LogP contribution in [0.1, 0.15) is 18.4 Å². The van der Waals surface area contributed by atoms with Gasteiger partial charge in [0, 0.05) is 17.1 Å². The Morgan fingerprint density at radius 2 is 2.11 bits per heavy atom. The maximum Gasteiger partial charge on any atom is 0.120 e. The Morgan fingerprint density at radius 3 is 2.78 bits per heavy atom. The van der Waals surface area contributed by atoms with Crippen molar-refractivity contribution in [1.82, 2.24) is 10.2 Å². The standard InChI is InChI=1S/C14H21ClN2O/c1-16-9-11-4-6-17(7-5-11)10-12-8-13(15)2-3-14(12)18/h2-3,8,11,16,18H,4-7,9-10H2,1H3. The highest BCUT2D eigenvalue weighted by atomic mass is 35.5. The van der Waals surface area contributed by atoms with Gasteiger partial charge in [0.25, 0.3) is 0 Å². The van der Waals surface area contributed by atoms with Crippen LogP contribution in [0.15, 0.2) is 18.2 Å². The van der Waals surface area contributed by atoms with Crippen molar-refractivity contribution in [1.29, 1.82) is 0 Å². The molecule has 0 aliphatic carbocycles. The van der Waals surface area contributed by atoms with Crippen LogP contribution >= 0.6 is 11.6 Å². The fourth-order valence-electron chi connectivity index (χ4n) is 2.56. The number of benzene rings is 1. The highest BCUT2D eigenvalue weighted by Crippen LogP contribution is 2.25. The Morgan fingerprint density at radius 1 is 1.39 bits per heavy atom. The molecule has 1 saturated heterocycles. The molecule has 1 fully saturated rings. The number of phenolic OH excluding ortho intramolecular Hbond substituents is 1. The minimum absolute atomic E-state index is 0.344. The van der Waals surface area contributed by atoms with Crippen molar-refractivity contribution >= 4 is 11.6 Å².